The quantitative estimate of drug-likeness (QED) is 0.830. The molecule has 0 unspecified atom stereocenters. The normalized spacial score (nSPS) is 10.6. The number of nitrogens with zero attached hydrogens (tertiary/aromatic N) is 2. The zero-order valence-corrected chi connectivity index (χ0v) is 11.6. The molecule has 1 aromatic heterocycles. The van der Waals surface area contributed by atoms with Crippen LogP contribution in [0.3, 0.4) is 0 Å². The summed E-state index contributed by atoms with van der Waals surface area (Å²) >= 11 is 0. The van der Waals surface area contributed by atoms with Crippen LogP contribution in [-0.4, -0.2) is 16.7 Å². The second kappa shape index (κ2) is 6.95. The van der Waals surface area contributed by atoms with Gasteiger partial charge in [-0.05, 0) is 24.1 Å². The summed E-state index contributed by atoms with van der Waals surface area (Å²) in [7, 11) is 1.68. The highest BCUT2D eigenvalue weighted by Crippen LogP contribution is 2.11. The number of rotatable bonds is 7. The molecule has 0 saturated heterocycles. The second-order valence-electron chi connectivity index (χ2n) is 4.49. The molecule has 1 aromatic carbocycles. The number of hydrogen-bond donors (Lipinski definition) is 1. The Labute approximate surface area is 114 Å². The van der Waals surface area contributed by atoms with E-state index in [0.717, 1.165) is 37.6 Å². The van der Waals surface area contributed by atoms with Crippen LogP contribution in [0.5, 0.6) is 5.75 Å². The molecule has 0 aliphatic rings. The van der Waals surface area contributed by atoms with Gasteiger partial charge < -0.3 is 14.6 Å². The van der Waals surface area contributed by atoms with E-state index >= 15 is 0 Å². The molecule has 0 radical (unpaired) electrons. The van der Waals surface area contributed by atoms with E-state index < -0.39 is 0 Å². The number of benzene rings is 1. The van der Waals surface area contributed by atoms with E-state index in [4.69, 9.17) is 4.74 Å². The molecule has 1 heterocycles. The number of aromatic nitrogens is 2. The highest BCUT2D eigenvalue weighted by Gasteiger charge is 2.01. The van der Waals surface area contributed by atoms with Crippen LogP contribution in [0.1, 0.15) is 24.7 Å². The molecular weight excluding hydrogens is 238 g/mol. The van der Waals surface area contributed by atoms with Gasteiger partial charge in [-0.2, -0.15) is 0 Å². The standard InChI is InChI=1S/C15H21N3O/c1-3-9-18-10-8-17-15(18)12-16-11-13-4-6-14(19-2)7-5-13/h4-8,10,16H,3,9,11-12H2,1-2H3. The number of aryl methyl sites for hydroxylation is 1. The van der Waals surface area contributed by atoms with Crippen LogP contribution >= 0.6 is 0 Å². The fourth-order valence-corrected chi connectivity index (χ4v) is 2.01. The van der Waals surface area contributed by atoms with Crippen LogP contribution in [0.4, 0.5) is 0 Å². The molecule has 0 aliphatic heterocycles. The van der Waals surface area contributed by atoms with Crippen LogP contribution < -0.4 is 10.1 Å². The van der Waals surface area contributed by atoms with E-state index in [1.54, 1.807) is 7.11 Å². The van der Waals surface area contributed by atoms with Crippen molar-refractivity contribution in [3.05, 3.63) is 48.0 Å². The van der Waals surface area contributed by atoms with Gasteiger partial charge in [-0.15, -0.1) is 0 Å². The Bertz CT molecular complexity index is 490. The van der Waals surface area contributed by atoms with Crippen LogP contribution in [0, 0.1) is 0 Å². The Morgan fingerprint density at radius 2 is 2.00 bits per heavy atom. The molecule has 0 saturated carbocycles. The lowest BCUT2D eigenvalue weighted by Crippen LogP contribution is -2.16. The largest absolute Gasteiger partial charge is 0.497 e. The van der Waals surface area contributed by atoms with E-state index in [-0.39, 0.29) is 0 Å². The fraction of sp³-hybridized carbons (Fsp3) is 0.400. The van der Waals surface area contributed by atoms with Crippen LogP contribution in [0.2, 0.25) is 0 Å². The molecule has 0 atom stereocenters. The topological polar surface area (TPSA) is 39.1 Å². The van der Waals surface area contributed by atoms with Gasteiger partial charge in [0, 0.05) is 25.5 Å². The minimum absolute atomic E-state index is 0.791. The van der Waals surface area contributed by atoms with Gasteiger partial charge in [-0.1, -0.05) is 19.1 Å². The van der Waals surface area contributed by atoms with Gasteiger partial charge in [0.1, 0.15) is 11.6 Å². The van der Waals surface area contributed by atoms with E-state index in [0.29, 0.717) is 0 Å². The summed E-state index contributed by atoms with van der Waals surface area (Å²) in [5.41, 5.74) is 1.24. The molecule has 0 fully saturated rings. The van der Waals surface area contributed by atoms with Gasteiger partial charge >= 0.3 is 0 Å². The number of ether oxygens (including phenoxy) is 1. The maximum absolute atomic E-state index is 5.14. The third-order valence-corrected chi connectivity index (χ3v) is 3.04. The molecule has 0 aliphatic carbocycles. The SMILES string of the molecule is CCCn1ccnc1CNCc1ccc(OC)cc1. The molecule has 19 heavy (non-hydrogen) atoms. The molecule has 1 N–H and O–H groups in total. The summed E-state index contributed by atoms with van der Waals surface area (Å²) in [5.74, 6) is 1.98. The Hall–Kier alpha value is -1.81. The Morgan fingerprint density at radius 1 is 1.21 bits per heavy atom. The Balaban J connectivity index is 1.83. The van der Waals surface area contributed by atoms with E-state index in [9.17, 15) is 0 Å². The lowest BCUT2D eigenvalue weighted by atomic mass is 10.2. The summed E-state index contributed by atoms with van der Waals surface area (Å²) in [5, 5.41) is 3.42. The Kier molecular flexibility index (Phi) is 4.98. The van der Waals surface area contributed by atoms with Crippen molar-refractivity contribution in [2.45, 2.75) is 33.0 Å². The number of imidazole rings is 1. The molecule has 4 nitrogen and oxygen atoms in total. The minimum Gasteiger partial charge on any atom is -0.497 e. The molecular formula is C15H21N3O. The van der Waals surface area contributed by atoms with Crippen molar-refractivity contribution >= 4 is 0 Å². The summed E-state index contributed by atoms with van der Waals surface area (Å²) in [6.45, 7) is 4.83. The summed E-state index contributed by atoms with van der Waals surface area (Å²) in [4.78, 5) is 4.37. The van der Waals surface area contributed by atoms with Crippen molar-refractivity contribution in [1.29, 1.82) is 0 Å². The summed E-state index contributed by atoms with van der Waals surface area (Å²) in [6.07, 6.45) is 5.02. The smallest absolute Gasteiger partial charge is 0.122 e. The van der Waals surface area contributed by atoms with Gasteiger partial charge in [0.25, 0.3) is 0 Å². The van der Waals surface area contributed by atoms with Crippen molar-refractivity contribution in [2.75, 3.05) is 7.11 Å². The van der Waals surface area contributed by atoms with Gasteiger partial charge in [0.05, 0.1) is 13.7 Å². The van der Waals surface area contributed by atoms with Crippen molar-refractivity contribution < 1.29 is 4.74 Å². The van der Waals surface area contributed by atoms with Crippen molar-refractivity contribution in [1.82, 2.24) is 14.9 Å². The molecule has 2 rings (SSSR count). The molecule has 0 spiro atoms. The maximum Gasteiger partial charge on any atom is 0.122 e. The predicted octanol–water partition coefficient (Wildman–Crippen LogP) is 2.59. The summed E-state index contributed by atoms with van der Waals surface area (Å²) in [6, 6.07) is 8.11. The molecule has 102 valence electrons. The first kappa shape index (κ1) is 13.6. The first-order valence-corrected chi connectivity index (χ1v) is 6.67. The van der Waals surface area contributed by atoms with Crippen LogP contribution in [0.25, 0.3) is 0 Å². The molecule has 2 aromatic rings. The van der Waals surface area contributed by atoms with E-state index in [1.165, 1.54) is 5.56 Å². The van der Waals surface area contributed by atoms with Crippen LogP contribution in [0.15, 0.2) is 36.7 Å². The lowest BCUT2D eigenvalue weighted by molar-refractivity contribution is 0.414. The average Bonchev–Trinajstić information content (AvgIpc) is 2.88. The highest BCUT2D eigenvalue weighted by molar-refractivity contribution is 5.26. The monoisotopic (exact) mass is 259 g/mol. The van der Waals surface area contributed by atoms with Crippen molar-refractivity contribution in [3.63, 3.8) is 0 Å². The molecule has 4 heteroatoms. The number of methoxy groups -OCH3 is 1. The average molecular weight is 259 g/mol. The number of nitrogens with one attached hydrogen (secondary N) is 1. The zero-order chi connectivity index (χ0) is 13.5. The van der Waals surface area contributed by atoms with Gasteiger partial charge in [0.2, 0.25) is 0 Å². The predicted molar refractivity (Wildman–Crippen MR) is 76.1 cm³/mol. The van der Waals surface area contributed by atoms with Gasteiger partial charge in [-0.3, -0.25) is 0 Å². The van der Waals surface area contributed by atoms with E-state index in [2.05, 4.69) is 33.9 Å². The molecule has 0 amide bonds. The van der Waals surface area contributed by atoms with Crippen molar-refractivity contribution in [3.8, 4) is 5.75 Å². The number of hydrogen-bond acceptors (Lipinski definition) is 3. The first-order valence-electron chi connectivity index (χ1n) is 6.67. The lowest BCUT2D eigenvalue weighted by Gasteiger charge is -2.08. The minimum atomic E-state index is 0.791. The fourth-order valence-electron chi connectivity index (χ4n) is 2.01. The molecule has 0 bridgehead atoms. The van der Waals surface area contributed by atoms with Crippen LogP contribution in [-0.2, 0) is 19.6 Å². The van der Waals surface area contributed by atoms with Gasteiger partial charge in [0.15, 0.2) is 0 Å². The highest BCUT2D eigenvalue weighted by atomic mass is 16.5. The maximum atomic E-state index is 5.14. The zero-order valence-electron chi connectivity index (χ0n) is 11.6. The third kappa shape index (κ3) is 3.83. The second-order valence-corrected chi connectivity index (χ2v) is 4.49. The van der Waals surface area contributed by atoms with Crippen molar-refractivity contribution in [2.24, 2.45) is 0 Å². The van der Waals surface area contributed by atoms with Gasteiger partial charge in [-0.25, -0.2) is 4.98 Å². The first-order chi connectivity index (χ1) is 9.33. The summed E-state index contributed by atoms with van der Waals surface area (Å²) < 4.78 is 7.34. The third-order valence-electron chi connectivity index (χ3n) is 3.04. The van der Waals surface area contributed by atoms with E-state index in [1.807, 2.05) is 24.5 Å². The Morgan fingerprint density at radius 3 is 2.68 bits per heavy atom.